The van der Waals surface area contributed by atoms with Crippen LogP contribution in [0.4, 0.5) is 0 Å². The summed E-state index contributed by atoms with van der Waals surface area (Å²) in [6, 6.07) is 10.6. The lowest BCUT2D eigenvalue weighted by Crippen LogP contribution is -2.12. The van der Waals surface area contributed by atoms with E-state index in [4.69, 9.17) is 0 Å². The molecule has 0 amide bonds. The number of benzene rings is 1. The van der Waals surface area contributed by atoms with Crippen molar-refractivity contribution in [2.24, 2.45) is 0 Å². The smallest absolute Gasteiger partial charge is 0.250 e. The number of hydrogen-bond donors (Lipinski definition) is 1. The third-order valence-corrected chi connectivity index (χ3v) is 2.39. The molecule has 80 valence electrons. The van der Waals surface area contributed by atoms with E-state index in [1.807, 2.05) is 18.2 Å². The van der Waals surface area contributed by atoms with E-state index in [0.29, 0.717) is 16.7 Å². The van der Waals surface area contributed by atoms with Gasteiger partial charge in [-0.05, 0) is 13.0 Å². The highest BCUT2D eigenvalue weighted by atomic mass is 16.1. The van der Waals surface area contributed by atoms with E-state index in [9.17, 15) is 9.59 Å². The van der Waals surface area contributed by atoms with Crippen molar-refractivity contribution in [3.05, 3.63) is 69.6 Å². The van der Waals surface area contributed by atoms with Crippen LogP contribution in [0.15, 0.2) is 47.4 Å². The summed E-state index contributed by atoms with van der Waals surface area (Å²) >= 11 is 0. The van der Waals surface area contributed by atoms with Gasteiger partial charge in [0.2, 0.25) is 0 Å². The molecule has 1 aromatic carbocycles. The molecule has 0 aliphatic heterocycles. The molecular formula is C13H11NO2. The maximum absolute atomic E-state index is 12.0. The quantitative estimate of drug-likeness (QED) is 0.775. The maximum atomic E-state index is 12.0. The summed E-state index contributed by atoms with van der Waals surface area (Å²) in [5.41, 5.74) is 1.50. The average molecular weight is 213 g/mol. The molecular weight excluding hydrogens is 202 g/mol. The van der Waals surface area contributed by atoms with Gasteiger partial charge in [-0.1, -0.05) is 30.3 Å². The summed E-state index contributed by atoms with van der Waals surface area (Å²) in [6.45, 7) is 1.68. The Bertz CT molecular complexity index is 570. The second-order valence-corrected chi connectivity index (χ2v) is 3.60. The van der Waals surface area contributed by atoms with Crippen molar-refractivity contribution in [3.8, 4) is 0 Å². The highest BCUT2D eigenvalue weighted by Gasteiger charge is 2.09. The Balaban J connectivity index is 2.42. The highest BCUT2D eigenvalue weighted by molar-refractivity contribution is 6.08. The first-order chi connectivity index (χ1) is 7.68. The Morgan fingerprint density at radius 3 is 2.44 bits per heavy atom. The molecule has 1 heterocycles. The summed E-state index contributed by atoms with van der Waals surface area (Å²) < 4.78 is 0. The molecule has 0 unspecified atom stereocenters. The van der Waals surface area contributed by atoms with E-state index < -0.39 is 0 Å². The third-order valence-electron chi connectivity index (χ3n) is 2.39. The predicted octanol–water partition coefficient (Wildman–Crippen LogP) is 1.91. The van der Waals surface area contributed by atoms with Crippen LogP contribution in [-0.4, -0.2) is 10.8 Å². The summed E-state index contributed by atoms with van der Waals surface area (Å²) in [4.78, 5) is 25.7. The molecule has 0 aliphatic carbocycles. The molecule has 1 aromatic heterocycles. The highest BCUT2D eigenvalue weighted by Crippen LogP contribution is 2.08. The number of aromatic nitrogens is 1. The van der Waals surface area contributed by atoms with Crippen molar-refractivity contribution in [2.45, 2.75) is 6.92 Å². The van der Waals surface area contributed by atoms with Gasteiger partial charge in [-0.15, -0.1) is 0 Å². The third kappa shape index (κ3) is 1.93. The Hall–Kier alpha value is -2.16. The fraction of sp³-hybridized carbons (Fsp3) is 0.0769. The molecule has 3 heteroatoms. The molecule has 0 aliphatic rings. The normalized spacial score (nSPS) is 10.1. The summed E-state index contributed by atoms with van der Waals surface area (Å²) in [5, 5.41) is 0. The molecule has 0 spiro atoms. The summed E-state index contributed by atoms with van der Waals surface area (Å²) in [7, 11) is 0. The van der Waals surface area contributed by atoms with Gasteiger partial charge in [0, 0.05) is 22.9 Å². The monoisotopic (exact) mass is 213 g/mol. The Morgan fingerprint density at radius 1 is 1.12 bits per heavy atom. The van der Waals surface area contributed by atoms with Gasteiger partial charge in [0.1, 0.15) is 0 Å². The summed E-state index contributed by atoms with van der Waals surface area (Å²) in [6.07, 6.45) is 1.45. The van der Waals surface area contributed by atoms with Gasteiger partial charge in [0.15, 0.2) is 5.78 Å². The zero-order valence-electron chi connectivity index (χ0n) is 8.86. The van der Waals surface area contributed by atoms with Gasteiger partial charge in [0.25, 0.3) is 5.56 Å². The molecule has 2 rings (SSSR count). The van der Waals surface area contributed by atoms with Crippen LogP contribution >= 0.6 is 0 Å². The second kappa shape index (κ2) is 4.14. The topological polar surface area (TPSA) is 49.9 Å². The van der Waals surface area contributed by atoms with E-state index >= 15 is 0 Å². The Labute approximate surface area is 92.8 Å². The number of nitrogens with one attached hydrogen (secondary N) is 1. The molecule has 0 saturated heterocycles. The zero-order valence-corrected chi connectivity index (χ0v) is 8.86. The number of carbonyl (C=O) groups excluding carboxylic acids is 1. The summed E-state index contributed by atoms with van der Waals surface area (Å²) in [5.74, 6) is -0.0834. The minimum Gasteiger partial charge on any atom is -0.328 e. The number of pyridine rings is 1. The number of hydrogen-bond acceptors (Lipinski definition) is 2. The fourth-order valence-electron chi connectivity index (χ4n) is 1.48. The molecule has 1 N–H and O–H groups in total. The predicted molar refractivity (Wildman–Crippen MR) is 61.7 cm³/mol. The molecule has 2 aromatic rings. The molecule has 16 heavy (non-hydrogen) atoms. The molecule has 0 fully saturated rings. The lowest BCUT2D eigenvalue weighted by atomic mass is 10.0. The van der Waals surface area contributed by atoms with Crippen molar-refractivity contribution >= 4 is 5.78 Å². The van der Waals surface area contributed by atoms with Gasteiger partial charge < -0.3 is 4.98 Å². The lowest BCUT2D eigenvalue weighted by molar-refractivity contribution is 0.103. The minimum atomic E-state index is -0.162. The van der Waals surface area contributed by atoms with Crippen molar-refractivity contribution in [1.29, 1.82) is 0 Å². The van der Waals surface area contributed by atoms with E-state index in [0.717, 1.165) is 0 Å². The molecule has 0 radical (unpaired) electrons. The van der Waals surface area contributed by atoms with E-state index in [-0.39, 0.29) is 11.3 Å². The van der Waals surface area contributed by atoms with E-state index in [1.165, 1.54) is 6.20 Å². The van der Waals surface area contributed by atoms with E-state index in [1.54, 1.807) is 25.1 Å². The fourth-order valence-corrected chi connectivity index (χ4v) is 1.48. The van der Waals surface area contributed by atoms with E-state index in [2.05, 4.69) is 4.98 Å². The zero-order chi connectivity index (χ0) is 11.5. The number of aromatic amines is 1. The number of aryl methyl sites for hydroxylation is 1. The van der Waals surface area contributed by atoms with Gasteiger partial charge >= 0.3 is 0 Å². The van der Waals surface area contributed by atoms with Crippen LogP contribution in [0.3, 0.4) is 0 Å². The lowest BCUT2D eigenvalue weighted by Gasteiger charge is -2.01. The number of rotatable bonds is 2. The van der Waals surface area contributed by atoms with Crippen molar-refractivity contribution < 1.29 is 4.79 Å². The van der Waals surface area contributed by atoms with Gasteiger partial charge in [-0.25, -0.2) is 0 Å². The van der Waals surface area contributed by atoms with Crippen LogP contribution in [0.2, 0.25) is 0 Å². The number of carbonyl (C=O) groups is 1. The standard InChI is InChI=1S/C13H11NO2/c1-9-7-11(8-14-13(9)16)12(15)10-5-3-2-4-6-10/h2-8H,1H3,(H,14,16). The average Bonchev–Trinajstić information content (AvgIpc) is 2.33. The number of H-pyrrole nitrogens is 1. The van der Waals surface area contributed by atoms with Gasteiger partial charge in [0.05, 0.1) is 0 Å². The van der Waals surface area contributed by atoms with Crippen molar-refractivity contribution in [3.63, 3.8) is 0 Å². The minimum absolute atomic E-state index is 0.0834. The second-order valence-electron chi connectivity index (χ2n) is 3.60. The first kappa shape index (κ1) is 10.4. The molecule has 0 atom stereocenters. The molecule has 3 nitrogen and oxygen atoms in total. The van der Waals surface area contributed by atoms with Crippen LogP contribution in [0, 0.1) is 6.92 Å². The van der Waals surface area contributed by atoms with Crippen LogP contribution in [0.5, 0.6) is 0 Å². The van der Waals surface area contributed by atoms with Crippen LogP contribution in [0.25, 0.3) is 0 Å². The first-order valence-electron chi connectivity index (χ1n) is 4.97. The molecule has 0 saturated carbocycles. The largest absolute Gasteiger partial charge is 0.328 e. The number of ketones is 1. The van der Waals surface area contributed by atoms with Crippen molar-refractivity contribution in [1.82, 2.24) is 4.98 Å². The van der Waals surface area contributed by atoms with Crippen LogP contribution in [0.1, 0.15) is 21.5 Å². The SMILES string of the molecule is Cc1cc(C(=O)c2ccccc2)c[nH]c1=O. The van der Waals surface area contributed by atoms with Crippen LogP contribution in [-0.2, 0) is 0 Å². The maximum Gasteiger partial charge on any atom is 0.250 e. The van der Waals surface area contributed by atoms with Gasteiger partial charge in [-0.2, -0.15) is 0 Å². The Kier molecular flexibility index (Phi) is 2.68. The van der Waals surface area contributed by atoms with Crippen LogP contribution < -0.4 is 5.56 Å². The van der Waals surface area contributed by atoms with Crippen molar-refractivity contribution in [2.75, 3.05) is 0 Å². The first-order valence-corrected chi connectivity index (χ1v) is 4.97. The Morgan fingerprint density at radius 2 is 1.81 bits per heavy atom. The molecule has 0 bridgehead atoms. The van der Waals surface area contributed by atoms with Gasteiger partial charge in [-0.3, -0.25) is 9.59 Å².